The van der Waals surface area contributed by atoms with Gasteiger partial charge in [-0.05, 0) is 6.42 Å². The summed E-state index contributed by atoms with van der Waals surface area (Å²) in [6.07, 6.45) is -0.440. The minimum Gasteiger partial charge on any atom is -0.465 e. The zero-order valence-corrected chi connectivity index (χ0v) is 7.71. The molecule has 80 valence electrons. The number of urea groups is 1. The summed E-state index contributed by atoms with van der Waals surface area (Å²) < 4.78 is 0. The molecule has 2 N–H and O–H groups in total. The van der Waals surface area contributed by atoms with Crippen LogP contribution in [0, 0.1) is 0 Å². The number of carbonyl (C=O) groups is 3. The average molecular weight is 211 g/mol. The molecule has 3 atom stereocenters. The van der Waals surface area contributed by atoms with Gasteiger partial charge in [0.15, 0.2) is 0 Å². The molecule has 15 heavy (non-hydrogen) atoms. The number of fused-ring (bicyclic) bond motifs is 5. The number of carbonyl (C=O) groups excluding carboxylic acids is 2. The third kappa shape index (κ3) is 0.872. The van der Waals surface area contributed by atoms with Crippen LogP contribution in [-0.2, 0) is 4.79 Å². The molecule has 7 nitrogen and oxygen atoms in total. The minimum absolute atomic E-state index is 0.137. The molecule has 0 aromatic heterocycles. The van der Waals surface area contributed by atoms with Gasteiger partial charge >= 0.3 is 12.1 Å². The molecule has 0 saturated carbocycles. The van der Waals surface area contributed by atoms with E-state index in [0.29, 0.717) is 13.0 Å². The Morgan fingerprint density at radius 1 is 1.47 bits per heavy atom. The Hall–Kier alpha value is -1.79. The van der Waals surface area contributed by atoms with E-state index in [1.54, 1.807) is 0 Å². The Morgan fingerprint density at radius 3 is 2.87 bits per heavy atom. The van der Waals surface area contributed by atoms with Crippen LogP contribution in [0.25, 0.3) is 0 Å². The molecule has 0 spiro atoms. The largest absolute Gasteiger partial charge is 0.465 e. The van der Waals surface area contributed by atoms with Gasteiger partial charge in [-0.2, -0.15) is 0 Å². The Bertz CT molecular complexity index is 382. The van der Waals surface area contributed by atoms with Crippen LogP contribution in [0.4, 0.5) is 9.59 Å². The summed E-state index contributed by atoms with van der Waals surface area (Å²) in [5.74, 6) is -0.376. The highest BCUT2D eigenvalue weighted by Crippen LogP contribution is 2.38. The molecule has 3 aliphatic rings. The highest BCUT2D eigenvalue weighted by Gasteiger charge is 2.60. The molecule has 2 bridgehead atoms. The summed E-state index contributed by atoms with van der Waals surface area (Å²) >= 11 is 0. The fourth-order valence-corrected chi connectivity index (χ4v) is 2.81. The van der Waals surface area contributed by atoms with Gasteiger partial charge in [0.05, 0.1) is 12.1 Å². The van der Waals surface area contributed by atoms with Crippen molar-refractivity contribution in [2.45, 2.75) is 24.5 Å². The average Bonchev–Trinajstić information content (AvgIpc) is 2.77. The van der Waals surface area contributed by atoms with Gasteiger partial charge in [0.2, 0.25) is 0 Å². The highest BCUT2D eigenvalue weighted by molar-refractivity contribution is 6.05. The van der Waals surface area contributed by atoms with Crippen LogP contribution in [0.3, 0.4) is 0 Å². The number of hydrogen-bond donors (Lipinski definition) is 2. The SMILES string of the molecule is O=C1NC(=O)N2C3CC(C12)N(C(=O)O)C3. The third-order valence-electron chi connectivity index (χ3n) is 3.36. The van der Waals surface area contributed by atoms with Crippen molar-refractivity contribution in [3.8, 4) is 0 Å². The Labute approximate surface area is 84.6 Å². The van der Waals surface area contributed by atoms with Crippen molar-refractivity contribution < 1.29 is 19.5 Å². The first kappa shape index (κ1) is 8.51. The van der Waals surface area contributed by atoms with Gasteiger partial charge in [0.1, 0.15) is 6.04 Å². The van der Waals surface area contributed by atoms with E-state index in [9.17, 15) is 14.4 Å². The number of hydrogen-bond acceptors (Lipinski definition) is 3. The van der Waals surface area contributed by atoms with E-state index in [0.717, 1.165) is 0 Å². The number of amides is 4. The van der Waals surface area contributed by atoms with Crippen molar-refractivity contribution in [2.24, 2.45) is 0 Å². The molecule has 0 radical (unpaired) electrons. The quantitative estimate of drug-likeness (QED) is 0.505. The number of rotatable bonds is 0. The molecule has 0 aromatic carbocycles. The number of nitrogens with zero attached hydrogens (tertiary/aromatic N) is 2. The van der Waals surface area contributed by atoms with Gasteiger partial charge in [0, 0.05) is 6.54 Å². The monoisotopic (exact) mass is 211 g/mol. The van der Waals surface area contributed by atoms with Crippen LogP contribution >= 0.6 is 0 Å². The lowest BCUT2D eigenvalue weighted by Crippen LogP contribution is -2.54. The fraction of sp³-hybridized carbons (Fsp3) is 0.625. The first-order chi connectivity index (χ1) is 7.09. The summed E-state index contributed by atoms with van der Waals surface area (Å²) in [5, 5.41) is 11.1. The highest BCUT2D eigenvalue weighted by atomic mass is 16.4. The number of carboxylic acid groups (broad SMARTS) is 1. The van der Waals surface area contributed by atoms with Crippen LogP contribution in [0.15, 0.2) is 0 Å². The predicted octanol–water partition coefficient (Wildman–Crippen LogP) is -0.959. The van der Waals surface area contributed by atoms with Crippen LogP contribution in [0.1, 0.15) is 6.42 Å². The van der Waals surface area contributed by atoms with Crippen molar-refractivity contribution in [3.05, 3.63) is 0 Å². The number of likely N-dealkylation sites (tertiary alicyclic amines) is 1. The molecule has 3 unspecified atom stereocenters. The van der Waals surface area contributed by atoms with E-state index in [4.69, 9.17) is 5.11 Å². The standard InChI is InChI=1S/C8H9N3O4/c12-6-5-4-1-3(2-10(4)8(14)15)11(5)7(13)9-6/h3-5H,1-2H2,(H,14,15)(H,9,12,13). The first-order valence-electron chi connectivity index (χ1n) is 4.72. The van der Waals surface area contributed by atoms with E-state index in [-0.39, 0.29) is 24.0 Å². The molecule has 3 rings (SSSR count). The molecule has 4 amide bonds. The van der Waals surface area contributed by atoms with Crippen LogP contribution in [0.2, 0.25) is 0 Å². The van der Waals surface area contributed by atoms with Crippen LogP contribution < -0.4 is 5.32 Å². The predicted molar refractivity (Wildman–Crippen MR) is 46.1 cm³/mol. The summed E-state index contributed by atoms with van der Waals surface area (Å²) in [5.41, 5.74) is 0. The Balaban J connectivity index is 1.95. The van der Waals surface area contributed by atoms with Crippen molar-refractivity contribution in [2.75, 3.05) is 6.54 Å². The fourth-order valence-electron chi connectivity index (χ4n) is 2.81. The molecule has 0 aliphatic carbocycles. The lowest BCUT2D eigenvalue weighted by atomic mass is 10.1. The number of nitrogens with one attached hydrogen (secondary N) is 1. The Morgan fingerprint density at radius 2 is 2.20 bits per heavy atom. The van der Waals surface area contributed by atoms with Gasteiger partial charge in [0.25, 0.3) is 5.91 Å². The number of piperazine rings is 1. The van der Waals surface area contributed by atoms with E-state index >= 15 is 0 Å². The topological polar surface area (TPSA) is 90.0 Å². The van der Waals surface area contributed by atoms with Gasteiger partial charge in [-0.3, -0.25) is 10.1 Å². The zero-order chi connectivity index (χ0) is 10.7. The lowest BCUT2D eigenvalue weighted by Gasteiger charge is -2.33. The first-order valence-corrected chi connectivity index (χ1v) is 4.72. The number of imide groups is 1. The normalized spacial score (nSPS) is 37.2. The van der Waals surface area contributed by atoms with Crippen molar-refractivity contribution in [1.82, 2.24) is 15.1 Å². The molecule has 3 heterocycles. The molecular weight excluding hydrogens is 202 g/mol. The third-order valence-corrected chi connectivity index (χ3v) is 3.36. The van der Waals surface area contributed by atoms with E-state index in [1.165, 1.54) is 9.80 Å². The molecule has 7 heteroatoms. The van der Waals surface area contributed by atoms with E-state index in [1.807, 2.05) is 0 Å². The smallest absolute Gasteiger partial charge is 0.407 e. The van der Waals surface area contributed by atoms with Gasteiger partial charge < -0.3 is 14.9 Å². The van der Waals surface area contributed by atoms with Gasteiger partial charge in [-0.25, -0.2) is 9.59 Å². The molecule has 0 aromatic rings. The van der Waals surface area contributed by atoms with Gasteiger partial charge in [-0.1, -0.05) is 0 Å². The van der Waals surface area contributed by atoms with Crippen molar-refractivity contribution in [3.63, 3.8) is 0 Å². The second kappa shape index (κ2) is 2.41. The molecule has 3 saturated heterocycles. The maximum absolute atomic E-state index is 11.4. The summed E-state index contributed by atoms with van der Waals surface area (Å²) in [6.45, 7) is 0.317. The van der Waals surface area contributed by atoms with Crippen molar-refractivity contribution in [1.29, 1.82) is 0 Å². The summed E-state index contributed by atoms with van der Waals surface area (Å²) in [7, 11) is 0. The van der Waals surface area contributed by atoms with Crippen molar-refractivity contribution >= 4 is 18.0 Å². The lowest BCUT2D eigenvalue weighted by molar-refractivity contribution is -0.122. The second-order valence-electron chi connectivity index (χ2n) is 4.04. The van der Waals surface area contributed by atoms with Crippen LogP contribution in [0.5, 0.6) is 0 Å². The Kier molecular flexibility index (Phi) is 1.37. The minimum atomic E-state index is -1.02. The maximum atomic E-state index is 11.4. The summed E-state index contributed by atoms with van der Waals surface area (Å²) in [4.78, 5) is 36.4. The zero-order valence-electron chi connectivity index (χ0n) is 7.71. The van der Waals surface area contributed by atoms with E-state index < -0.39 is 12.1 Å². The van der Waals surface area contributed by atoms with Gasteiger partial charge in [-0.15, -0.1) is 0 Å². The summed E-state index contributed by atoms with van der Waals surface area (Å²) in [6, 6.07) is -1.49. The molecular formula is C8H9N3O4. The van der Waals surface area contributed by atoms with E-state index in [2.05, 4.69) is 5.32 Å². The van der Waals surface area contributed by atoms with Crippen LogP contribution in [-0.4, -0.2) is 57.6 Å². The maximum Gasteiger partial charge on any atom is 0.407 e. The second-order valence-corrected chi connectivity index (χ2v) is 4.04. The molecule has 3 fully saturated rings. The molecule has 3 aliphatic heterocycles.